The molecule has 0 radical (unpaired) electrons. The molecule has 0 aromatic heterocycles. The number of fused-ring (bicyclic) bond motifs is 1. The third-order valence-corrected chi connectivity index (χ3v) is 3.19. The Morgan fingerprint density at radius 2 is 2.14 bits per heavy atom. The van der Waals surface area contributed by atoms with Crippen LogP contribution in [-0.4, -0.2) is 38.5 Å². The van der Waals surface area contributed by atoms with Crippen molar-refractivity contribution in [1.82, 2.24) is 5.32 Å². The van der Waals surface area contributed by atoms with E-state index in [1.165, 1.54) is 6.92 Å². The van der Waals surface area contributed by atoms with E-state index >= 15 is 0 Å². The lowest BCUT2D eigenvalue weighted by Crippen LogP contribution is -2.22. The van der Waals surface area contributed by atoms with E-state index in [0.29, 0.717) is 49.7 Å². The highest BCUT2D eigenvalue weighted by molar-refractivity contribution is 6.05. The van der Waals surface area contributed by atoms with Gasteiger partial charge in [0, 0.05) is 44.7 Å². The molecule has 2 N–H and O–H groups in total. The average molecular weight is 308 g/mol. The van der Waals surface area contributed by atoms with Crippen LogP contribution in [-0.2, 0) is 21.0 Å². The first-order chi connectivity index (χ1) is 10.6. The summed E-state index contributed by atoms with van der Waals surface area (Å²) in [6, 6.07) is 3.33. The molecular formula is C15H20N2O5. The quantitative estimate of drug-likeness (QED) is 0.427. The Morgan fingerprint density at radius 3 is 2.86 bits per heavy atom. The first kappa shape index (κ1) is 16.4. The molecule has 0 fully saturated rings. The zero-order chi connectivity index (χ0) is 15.9. The number of hydrogen-bond acceptors (Lipinski definition) is 6. The Labute approximate surface area is 128 Å². The highest BCUT2D eigenvalue weighted by Gasteiger charge is 2.21. The summed E-state index contributed by atoms with van der Waals surface area (Å²) in [5, 5.41) is 5.79. The van der Waals surface area contributed by atoms with Crippen molar-refractivity contribution in [3.8, 4) is 5.75 Å². The monoisotopic (exact) mass is 308 g/mol. The van der Waals surface area contributed by atoms with Crippen LogP contribution in [0.25, 0.3) is 0 Å². The molecule has 1 amide bonds. The van der Waals surface area contributed by atoms with Crippen molar-refractivity contribution in [3.63, 3.8) is 0 Å². The highest BCUT2D eigenvalue weighted by atomic mass is 17.2. The van der Waals surface area contributed by atoms with Crippen molar-refractivity contribution in [3.05, 3.63) is 23.3 Å². The number of methoxy groups -OCH3 is 1. The number of hydrogen-bond donors (Lipinski definition) is 2. The van der Waals surface area contributed by atoms with Crippen LogP contribution in [0.15, 0.2) is 12.1 Å². The van der Waals surface area contributed by atoms with Crippen molar-refractivity contribution in [2.24, 2.45) is 0 Å². The van der Waals surface area contributed by atoms with Gasteiger partial charge < -0.3 is 20.3 Å². The molecule has 1 heterocycles. The first-order valence-corrected chi connectivity index (χ1v) is 7.08. The largest absolute Gasteiger partial charge is 0.383 e. The first-order valence-electron chi connectivity index (χ1n) is 7.08. The van der Waals surface area contributed by atoms with Gasteiger partial charge >= 0.3 is 0 Å². The van der Waals surface area contributed by atoms with Crippen molar-refractivity contribution >= 4 is 17.4 Å². The second kappa shape index (κ2) is 7.88. The van der Waals surface area contributed by atoms with E-state index in [-0.39, 0.29) is 11.7 Å². The molecule has 0 saturated heterocycles. The van der Waals surface area contributed by atoms with Crippen LogP contribution in [0, 0.1) is 0 Å². The summed E-state index contributed by atoms with van der Waals surface area (Å²) in [5.41, 5.74) is 1.72. The molecular weight excluding hydrogens is 288 g/mol. The zero-order valence-corrected chi connectivity index (χ0v) is 12.7. The summed E-state index contributed by atoms with van der Waals surface area (Å²) in [4.78, 5) is 33.6. The molecule has 1 aromatic carbocycles. The molecule has 1 aliphatic rings. The van der Waals surface area contributed by atoms with Crippen molar-refractivity contribution < 1.29 is 24.1 Å². The molecule has 2 rings (SSSR count). The fourth-order valence-corrected chi connectivity index (χ4v) is 2.13. The van der Waals surface area contributed by atoms with Gasteiger partial charge in [-0.05, 0) is 12.1 Å². The molecule has 1 aromatic rings. The van der Waals surface area contributed by atoms with Gasteiger partial charge in [-0.3, -0.25) is 9.59 Å². The molecule has 7 nitrogen and oxygen atoms in total. The number of benzene rings is 1. The minimum atomic E-state index is -0.230. The molecule has 0 aliphatic carbocycles. The van der Waals surface area contributed by atoms with E-state index in [0.717, 1.165) is 5.56 Å². The van der Waals surface area contributed by atoms with Gasteiger partial charge in [0.05, 0.1) is 12.3 Å². The fraction of sp³-hybridized carbons (Fsp3) is 0.467. The SMILES string of the molecule is COCCNCCC(=O)c1cc2c(cc1NC(C)=O)COO2. The number of anilines is 1. The Kier molecular flexibility index (Phi) is 5.88. The molecule has 0 saturated carbocycles. The predicted molar refractivity (Wildman–Crippen MR) is 79.9 cm³/mol. The van der Waals surface area contributed by atoms with Crippen LogP contribution in [0.4, 0.5) is 5.69 Å². The van der Waals surface area contributed by atoms with E-state index in [2.05, 4.69) is 10.6 Å². The van der Waals surface area contributed by atoms with E-state index in [1.54, 1.807) is 19.2 Å². The van der Waals surface area contributed by atoms with Crippen LogP contribution in [0.3, 0.4) is 0 Å². The van der Waals surface area contributed by atoms with Crippen molar-refractivity contribution in [2.45, 2.75) is 20.0 Å². The van der Waals surface area contributed by atoms with E-state index < -0.39 is 0 Å². The van der Waals surface area contributed by atoms with Crippen LogP contribution >= 0.6 is 0 Å². The molecule has 120 valence electrons. The normalized spacial score (nSPS) is 12.6. The van der Waals surface area contributed by atoms with Crippen LogP contribution < -0.4 is 15.5 Å². The Morgan fingerprint density at radius 1 is 1.32 bits per heavy atom. The van der Waals surface area contributed by atoms with Crippen LogP contribution in [0.2, 0.25) is 0 Å². The van der Waals surface area contributed by atoms with Crippen LogP contribution in [0.5, 0.6) is 5.75 Å². The van der Waals surface area contributed by atoms with Gasteiger partial charge in [-0.1, -0.05) is 0 Å². The number of carbonyl (C=O) groups is 2. The molecule has 22 heavy (non-hydrogen) atoms. The van der Waals surface area contributed by atoms with Crippen molar-refractivity contribution in [1.29, 1.82) is 0 Å². The summed E-state index contributed by atoms with van der Waals surface area (Å²) >= 11 is 0. The van der Waals surface area contributed by atoms with Gasteiger partial charge in [-0.25, -0.2) is 0 Å². The molecule has 1 aliphatic heterocycles. The molecule has 0 spiro atoms. The number of Topliss-reactive ketones (excluding diaryl/α,β-unsaturated/α-hetero) is 1. The topological polar surface area (TPSA) is 85.9 Å². The summed E-state index contributed by atoms with van der Waals surface area (Å²) in [6.45, 7) is 3.52. The van der Waals surface area contributed by atoms with E-state index in [4.69, 9.17) is 14.5 Å². The summed E-state index contributed by atoms with van der Waals surface area (Å²) in [7, 11) is 1.62. The number of nitrogens with one attached hydrogen (secondary N) is 2. The maximum Gasteiger partial charge on any atom is 0.221 e. The zero-order valence-electron chi connectivity index (χ0n) is 12.7. The third-order valence-electron chi connectivity index (χ3n) is 3.19. The molecule has 7 heteroatoms. The van der Waals surface area contributed by atoms with Gasteiger partial charge in [0.15, 0.2) is 11.5 Å². The lowest BCUT2D eigenvalue weighted by molar-refractivity contribution is -0.194. The molecule has 0 unspecified atom stereocenters. The maximum atomic E-state index is 12.4. The maximum absolute atomic E-state index is 12.4. The Hall–Kier alpha value is -1.96. The summed E-state index contributed by atoms with van der Waals surface area (Å²) < 4.78 is 4.92. The number of amides is 1. The minimum absolute atomic E-state index is 0.0769. The van der Waals surface area contributed by atoms with Crippen LogP contribution in [0.1, 0.15) is 29.3 Å². The lowest BCUT2D eigenvalue weighted by Gasteiger charge is -2.11. The second-order valence-corrected chi connectivity index (χ2v) is 4.95. The standard InChI is InChI=1S/C15H20N2O5/c1-10(18)17-13-7-11-9-21-22-15(11)8-12(13)14(19)3-4-16-5-6-20-2/h7-8,16H,3-6,9H2,1-2H3,(H,17,18). The molecule has 0 atom stereocenters. The second-order valence-electron chi connectivity index (χ2n) is 4.95. The lowest BCUT2D eigenvalue weighted by atomic mass is 10.0. The Balaban J connectivity index is 2.07. The number of ketones is 1. The fourth-order valence-electron chi connectivity index (χ4n) is 2.13. The van der Waals surface area contributed by atoms with Gasteiger partial charge in [0.1, 0.15) is 6.61 Å². The summed E-state index contributed by atoms with van der Waals surface area (Å²) in [6.07, 6.45) is 0.315. The van der Waals surface area contributed by atoms with Gasteiger partial charge in [-0.15, -0.1) is 0 Å². The highest BCUT2D eigenvalue weighted by Crippen LogP contribution is 2.32. The van der Waals surface area contributed by atoms with E-state index in [1.807, 2.05) is 0 Å². The van der Waals surface area contributed by atoms with Gasteiger partial charge in [0.25, 0.3) is 0 Å². The number of carbonyl (C=O) groups excluding carboxylic acids is 2. The number of rotatable bonds is 8. The number of ether oxygens (including phenoxy) is 1. The van der Waals surface area contributed by atoms with Gasteiger partial charge in [0.2, 0.25) is 5.91 Å². The van der Waals surface area contributed by atoms with E-state index in [9.17, 15) is 9.59 Å². The molecule has 0 bridgehead atoms. The van der Waals surface area contributed by atoms with Gasteiger partial charge in [-0.2, -0.15) is 4.89 Å². The smallest absolute Gasteiger partial charge is 0.221 e. The third kappa shape index (κ3) is 4.27. The minimum Gasteiger partial charge on any atom is -0.383 e. The summed E-state index contributed by atoms with van der Waals surface area (Å²) in [5.74, 6) is 0.212. The Bertz CT molecular complexity index is 559. The average Bonchev–Trinajstić information content (AvgIpc) is 2.92. The van der Waals surface area contributed by atoms with Crippen molar-refractivity contribution in [2.75, 3.05) is 32.1 Å². The predicted octanol–water partition coefficient (Wildman–Crippen LogP) is 1.28.